The van der Waals surface area contributed by atoms with Gasteiger partial charge in [0.05, 0.1) is 25.0 Å². The lowest BCUT2D eigenvalue weighted by Gasteiger charge is -2.39. The molecule has 1 aromatic heterocycles. The van der Waals surface area contributed by atoms with Gasteiger partial charge in [-0.05, 0) is 20.8 Å². The Kier molecular flexibility index (Phi) is 3.50. The van der Waals surface area contributed by atoms with Crippen molar-refractivity contribution in [2.75, 3.05) is 18.8 Å². The van der Waals surface area contributed by atoms with Gasteiger partial charge in [-0.15, -0.1) is 0 Å². The van der Waals surface area contributed by atoms with Gasteiger partial charge in [-0.2, -0.15) is 0 Å². The summed E-state index contributed by atoms with van der Waals surface area (Å²) in [6.07, 6.45) is 2.81. The monoisotopic (exact) mass is 265 g/mol. The van der Waals surface area contributed by atoms with Crippen LogP contribution in [0.15, 0.2) is 18.5 Å². The number of hydrogen-bond acceptors (Lipinski definition) is 5. The van der Waals surface area contributed by atoms with Crippen LogP contribution < -0.4 is 10.5 Å². The SMILES string of the molecule is CC(C)(C)OC(=O)N1CC(Oc2ccncc2N)C1. The van der Waals surface area contributed by atoms with Crippen molar-refractivity contribution in [3.05, 3.63) is 18.5 Å². The number of pyridine rings is 1. The predicted molar refractivity (Wildman–Crippen MR) is 70.9 cm³/mol. The maximum Gasteiger partial charge on any atom is 0.410 e. The van der Waals surface area contributed by atoms with E-state index < -0.39 is 5.60 Å². The molecule has 2 N–H and O–H groups in total. The number of nitrogens with zero attached hydrogens (tertiary/aromatic N) is 2. The molecule has 0 saturated carbocycles. The Bertz CT molecular complexity index is 464. The third-order valence-corrected chi connectivity index (χ3v) is 2.60. The molecular weight excluding hydrogens is 246 g/mol. The van der Waals surface area contributed by atoms with Crippen molar-refractivity contribution in [2.45, 2.75) is 32.5 Å². The zero-order chi connectivity index (χ0) is 14.0. The Hall–Kier alpha value is -1.98. The lowest BCUT2D eigenvalue weighted by molar-refractivity contribution is -0.0219. The minimum Gasteiger partial charge on any atom is -0.484 e. The molecule has 0 radical (unpaired) electrons. The van der Waals surface area contributed by atoms with Crippen LogP contribution in [0.1, 0.15) is 20.8 Å². The maximum atomic E-state index is 11.7. The summed E-state index contributed by atoms with van der Waals surface area (Å²) in [5.41, 5.74) is 5.76. The molecule has 0 aliphatic carbocycles. The first-order valence-electron chi connectivity index (χ1n) is 6.19. The average molecular weight is 265 g/mol. The molecule has 0 spiro atoms. The summed E-state index contributed by atoms with van der Waals surface area (Å²) in [4.78, 5) is 17.2. The highest BCUT2D eigenvalue weighted by atomic mass is 16.6. The Labute approximate surface area is 112 Å². The fourth-order valence-electron chi connectivity index (χ4n) is 1.67. The first-order valence-corrected chi connectivity index (χ1v) is 6.19. The fourth-order valence-corrected chi connectivity index (χ4v) is 1.67. The van der Waals surface area contributed by atoms with E-state index in [2.05, 4.69) is 4.98 Å². The zero-order valence-electron chi connectivity index (χ0n) is 11.4. The molecule has 19 heavy (non-hydrogen) atoms. The van der Waals surface area contributed by atoms with E-state index in [1.54, 1.807) is 23.4 Å². The van der Waals surface area contributed by atoms with Gasteiger partial charge < -0.3 is 20.1 Å². The van der Waals surface area contributed by atoms with Crippen LogP contribution in [0.4, 0.5) is 10.5 Å². The minimum atomic E-state index is -0.474. The Morgan fingerprint density at radius 2 is 2.16 bits per heavy atom. The Morgan fingerprint density at radius 3 is 2.74 bits per heavy atom. The third-order valence-electron chi connectivity index (χ3n) is 2.60. The Balaban J connectivity index is 1.81. The molecular formula is C13H19N3O3. The highest BCUT2D eigenvalue weighted by molar-refractivity contribution is 5.69. The molecule has 104 valence electrons. The summed E-state index contributed by atoms with van der Waals surface area (Å²) in [6, 6.07) is 1.71. The third kappa shape index (κ3) is 3.49. The average Bonchev–Trinajstić information content (AvgIpc) is 2.22. The molecule has 0 atom stereocenters. The van der Waals surface area contributed by atoms with E-state index in [4.69, 9.17) is 15.2 Å². The highest BCUT2D eigenvalue weighted by Gasteiger charge is 2.35. The predicted octanol–water partition coefficient (Wildman–Crippen LogP) is 1.66. The van der Waals surface area contributed by atoms with Gasteiger partial charge in [-0.1, -0.05) is 0 Å². The number of nitrogens with two attached hydrogens (primary N) is 1. The molecule has 1 saturated heterocycles. The second-order valence-electron chi connectivity index (χ2n) is 5.54. The summed E-state index contributed by atoms with van der Waals surface area (Å²) >= 11 is 0. The van der Waals surface area contributed by atoms with Gasteiger partial charge in [0, 0.05) is 12.3 Å². The van der Waals surface area contributed by atoms with Crippen molar-refractivity contribution in [2.24, 2.45) is 0 Å². The topological polar surface area (TPSA) is 77.7 Å². The number of hydrogen-bond donors (Lipinski definition) is 1. The highest BCUT2D eigenvalue weighted by Crippen LogP contribution is 2.24. The quantitative estimate of drug-likeness (QED) is 0.880. The van der Waals surface area contributed by atoms with Crippen LogP contribution in [-0.4, -0.2) is 40.8 Å². The van der Waals surface area contributed by atoms with Crippen molar-refractivity contribution in [3.63, 3.8) is 0 Å². The first-order chi connectivity index (χ1) is 8.85. The second kappa shape index (κ2) is 4.95. The molecule has 1 fully saturated rings. The van der Waals surface area contributed by atoms with Crippen LogP contribution in [0, 0.1) is 0 Å². The van der Waals surface area contributed by atoms with Crippen LogP contribution >= 0.6 is 0 Å². The number of aromatic nitrogens is 1. The molecule has 2 rings (SSSR count). The second-order valence-corrected chi connectivity index (χ2v) is 5.54. The van der Waals surface area contributed by atoms with Gasteiger partial charge in [0.25, 0.3) is 0 Å². The van der Waals surface area contributed by atoms with Crippen LogP contribution in [-0.2, 0) is 4.74 Å². The van der Waals surface area contributed by atoms with E-state index in [1.165, 1.54) is 0 Å². The summed E-state index contributed by atoms with van der Waals surface area (Å²) in [6.45, 7) is 6.55. The molecule has 1 aromatic rings. The summed E-state index contributed by atoms with van der Waals surface area (Å²) in [7, 11) is 0. The van der Waals surface area contributed by atoms with E-state index >= 15 is 0 Å². The number of anilines is 1. The standard InChI is InChI=1S/C13H19N3O3/c1-13(2,3)19-12(17)16-7-9(8-16)18-11-4-5-15-6-10(11)14/h4-6,9H,7-8,14H2,1-3H3. The number of nitrogen functional groups attached to an aromatic ring is 1. The van der Waals surface area contributed by atoms with Gasteiger partial charge in [-0.25, -0.2) is 4.79 Å². The summed E-state index contributed by atoms with van der Waals surface area (Å²) in [5.74, 6) is 0.601. The summed E-state index contributed by atoms with van der Waals surface area (Å²) < 4.78 is 10.9. The zero-order valence-corrected chi connectivity index (χ0v) is 11.4. The molecule has 1 aliphatic rings. The fraction of sp³-hybridized carbons (Fsp3) is 0.538. The number of likely N-dealkylation sites (tertiary alicyclic amines) is 1. The van der Waals surface area contributed by atoms with Crippen molar-refractivity contribution in [1.82, 2.24) is 9.88 Å². The van der Waals surface area contributed by atoms with E-state index in [-0.39, 0.29) is 12.2 Å². The van der Waals surface area contributed by atoms with Crippen molar-refractivity contribution in [1.29, 1.82) is 0 Å². The molecule has 0 unspecified atom stereocenters. The number of ether oxygens (including phenoxy) is 2. The molecule has 6 nitrogen and oxygen atoms in total. The minimum absolute atomic E-state index is 0.0442. The van der Waals surface area contributed by atoms with Crippen LogP contribution in [0.2, 0.25) is 0 Å². The number of carbonyl (C=O) groups is 1. The molecule has 2 heterocycles. The number of rotatable bonds is 2. The number of carbonyl (C=O) groups excluding carboxylic acids is 1. The van der Waals surface area contributed by atoms with Gasteiger partial charge in [-0.3, -0.25) is 4.98 Å². The largest absolute Gasteiger partial charge is 0.484 e. The van der Waals surface area contributed by atoms with E-state index in [0.29, 0.717) is 24.5 Å². The normalized spacial score (nSPS) is 15.8. The molecule has 0 bridgehead atoms. The van der Waals surface area contributed by atoms with Gasteiger partial charge >= 0.3 is 6.09 Å². The van der Waals surface area contributed by atoms with Gasteiger partial charge in [0.15, 0.2) is 0 Å². The van der Waals surface area contributed by atoms with Crippen molar-refractivity contribution >= 4 is 11.8 Å². The lowest BCUT2D eigenvalue weighted by atomic mass is 10.1. The smallest absolute Gasteiger partial charge is 0.410 e. The lowest BCUT2D eigenvalue weighted by Crippen LogP contribution is -2.57. The molecule has 0 aromatic carbocycles. The first kappa shape index (κ1) is 13.5. The van der Waals surface area contributed by atoms with Crippen LogP contribution in [0.3, 0.4) is 0 Å². The van der Waals surface area contributed by atoms with Crippen molar-refractivity contribution in [3.8, 4) is 5.75 Å². The molecule has 1 aliphatic heterocycles. The maximum absolute atomic E-state index is 11.7. The van der Waals surface area contributed by atoms with Crippen LogP contribution in [0.5, 0.6) is 5.75 Å². The van der Waals surface area contributed by atoms with Gasteiger partial charge in [0.1, 0.15) is 17.5 Å². The van der Waals surface area contributed by atoms with E-state index in [0.717, 1.165) is 0 Å². The summed E-state index contributed by atoms with van der Waals surface area (Å²) in [5, 5.41) is 0. The van der Waals surface area contributed by atoms with Crippen LogP contribution in [0.25, 0.3) is 0 Å². The number of amides is 1. The molecule has 6 heteroatoms. The van der Waals surface area contributed by atoms with E-state index in [1.807, 2.05) is 20.8 Å². The Morgan fingerprint density at radius 1 is 1.47 bits per heavy atom. The van der Waals surface area contributed by atoms with Gasteiger partial charge in [0.2, 0.25) is 0 Å². The van der Waals surface area contributed by atoms with Crippen molar-refractivity contribution < 1.29 is 14.3 Å². The molecule has 1 amide bonds. The van der Waals surface area contributed by atoms with E-state index in [9.17, 15) is 4.79 Å².